The number of rotatable bonds is 8. The highest BCUT2D eigenvalue weighted by Gasteiger charge is 2.12. The van der Waals surface area contributed by atoms with Crippen molar-refractivity contribution in [2.45, 2.75) is 39.0 Å². The van der Waals surface area contributed by atoms with Crippen LogP contribution in [0.4, 0.5) is 4.79 Å². The molecule has 0 radical (unpaired) electrons. The molecule has 0 heterocycles. The van der Waals surface area contributed by atoms with Gasteiger partial charge in [-0.25, -0.2) is 4.79 Å². The summed E-state index contributed by atoms with van der Waals surface area (Å²) in [5.74, 6) is 0.168. The molecule has 0 aromatic heterocycles. The molecular formula is C20H25N3O4. The van der Waals surface area contributed by atoms with E-state index >= 15 is 0 Å². The van der Waals surface area contributed by atoms with Crippen LogP contribution in [0.1, 0.15) is 44.6 Å². The van der Waals surface area contributed by atoms with Crippen LogP contribution in [0.25, 0.3) is 0 Å². The SMILES string of the molecule is CCOc1cc(C#N)ccc1OCC(=O)NC(=O)NCCC1=CCCCC1. The van der Waals surface area contributed by atoms with Crippen molar-refractivity contribution in [1.82, 2.24) is 10.6 Å². The number of imide groups is 1. The fraction of sp³-hybridized carbons (Fsp3) is 0.450. The average molecular weight is 371 g/mol. The lowest BCUT2D eigenvalue weighted by atomic mass is 9.97. The highest BCUT2D eigenvalue weighted by atomic mass is 16.5. The summed E-state index contributed by atoms with van der Waals surface area (Å²) in [6, 6.07) is 6.16. The Morgan fingerprint density at radius 2 is 2.07 bits per heavy atom. The number of nitrogens with zero attached hydrogens (tertiary/aromatic N) is 1. The van der Waals surface area contributed by atoms with Crippen molar-refractivity contribution >= 4 is 11.9 Å². The molecule has 0 saturated heterocycles. The first-order valence-corrected chi connectivity index (χ1v) is 9.17. The minimum atomic E-state index is -0.559. The number of ether oxygens (including phenoxy) is 2. The Hall–Kier alpha value is -3.01. The molecule has 0 aliphatic heterocycles. The van der Waals surface area contributed by atoms with E-state index in [4.69, 9.17) is 14.7 Å². The molecule has 2 N–H and O–H groups in total. The molecule has 144 valence electrons. The molecular weight excluding hydrogens is 346 g/mol. The van der Waals surface area contributed by atoms with E-state index in [1.165, 1.54) is 18.4 Å². The number of nitrogens with one attached hydrogen (secondary N) is 2. The Kier molecular flexibility index (Phi) is 8.17. The Bertz CT molecular complexity index is 737. The third-order valence-electron chi connectivity index (χ3n) is 4.10. The molecule has 0 atom stereocenters. The molecule has 1 aliphatic rings. The Balaban J connectivity index is 1.74. The third-order valence-corrected chi connectivity index (χ3v) is 4.10. The van der Waals surface area contributed by atoms with Gasteiger partial charge >= 0.3 is 6.03 Å². The van der Waals surface area contributed by atoms with Gasteiger partial charge in [0.05, 0.1) is 18.2 Å². The first-order valence-electron chi connectivity index (χ1n) is 9.17. The van der Waals surface area contributed by atoms with E-state index in [-0.39, 0.29) is 6.61 Å². The maximum absolute atomic E-state index is 11.9. The lowest BCUT2D eigenvalue weighted by Gasteiger charge is -2.13. The van der Waals surface area contributed by atoms with Gasteiger partial charge in [0.2, 0.25) is 0 Å². The Morgan fingerprint density at radius 1 is 1.22 bits per heavy atom. The van der Waals surface area contributed by atoms with Crippen molar-refractivity contribution in [3.63, 3.8) is 0 Å². The summed E-state index contributed by atoms with van der Waals surface area (Å²) in [6.07, 6.45) is 7.67. The van der Waals surface area contributed by atoms with E-state index in [9.17, 15) is 9.59 Å². The summed E-state index contributed by atoms with van der Waals surface area (Å²) in [4.78, 5) is 23.7. The number of carbonyl (C=O) groups is 2. The molecule has 1 aromatic rings. The number of hydrogen-bond acceptors (Lipinski definition) is 5. The van der Waals surface area contributed by atoms with Crippen LogP contribution in [0.3, 0.4) is 0 Å². The minimum absolute atomic E-state index is 0.329. The van der Waals surface area contributed by atoms with Crippen LogP contribution in [0, 0.1) is 11.3 Å². The van der Waals surface area contributed by atoms with E-state index in [1.807, 2.05) is 13.0 Å². The van der Waals surface area contributed by atoms with Crippen LogP contribution in [0.5, 0.6) is 11.5 Å². The third kappa shape index (κ3) is 7.02. The summed E-state index contributed by atoms with van der Waals surface area (Å²) in [5, 5.41) is 13.8. The van der Waals surface area contributed by atoms with Crippen molar-refractivity contribution in [2.75, 3.05) is 19.8 Å². The second kappa shape index (κ2) is 10.9. The van der Waals surface area contributed by atoms with E-state index in [0.717, 1.165) is 19.3 Å². The molecule has 3 amide bonds. The Morgan fingerprint density at radius 3 is 2.78 bits per heavy atom. The molecule has 0 spiro atoms. The van der Waals surface area contributed by atoms with Crippen molar-refractivity contribution in [2.24, 2.45) is 0 Å². The lowest BCUT2D eigenvalue weighted by Crippen LogP contribution is -2.42. The van der Waals surface area contributed by atoms with E-state index in [0.29, 0.717) is 30.2 Å². The summed E-state index contributed by atoms with van der Waals surface area (Å²) in [5.41, 5.74) is 1.79. The van der Waals surface area contributed by atoms with Crippen molar-refractivity contribution in [3.05, 3.63) is 35.4 Å². The fourth-order valence-corrected chi connectivity index (χ4v) is 2.78. The zero-order valence-electron chi connectivity index (χ0n) is 15.5. The average Bonchev–Trinajstić information content (AvgIpc) is 2.68. The first kappa shape index (κ1) is 20.3. The molecule has 0 fully saturated rings. The van der Waals surface area contributed by atoms with E-state index in [1.54, 1.807) is 18.2 Å². The van der Waals surface area contributed by atoms with E-state index < -0.39 is 11.9 Å². The lowest BCUT2D eigenvalue weighted by molar-refractivity contribution is -0.122. The summed E-state index contributed by atoms with van der Waals surface area (Å²) < 4.78 is 10.8. The maximum Gasteiger partial charge on any atom is 0.321 e. The van der Waals surface area contributed by atoms with Crippen LogP contribution >= 0.6 is 0 Å². The summed E-state index contributed by atoms with van der Waals surface area (Å²) in [6.45, 7) is 2.37. The number of amides is 3. The number of hydrogen-bond donors (Lipinski definition) is 2. The van der Waals surface area contributed by atoms with Gasteiger partial charge in [-0.15, -0.1) is 0 Å². The van der Waals surface area contributed by atoms with Gasteiger partial charge in [-0.2, -0.15) is 5.26 Å². The van der Waals surface area contributed by atoms with Gasteiger partial charge in [0.25, 0.3) is 5.91 Å². The number of carbonyl (C=O) groups excluding carboxylic acids is 2. The molecule has 27 heavy (non-hydrogen) atoms. The quantitative estimate of drug-likeness (QED) is 0.684. The monoisotopic (exact) mass is 371 g/mol. The second-order valence-electron chi connectivity index (χ2n) is 6.16. The van der Waals surface area contributed by atoms with Gasteiger partial charge in [-0.3, -0.25) is 10.1 Å². The summed E-state index contributed by atoms with van der Waals surface area (Å²) in [7, 11) is 0. The van der Waals surface area contributed by atoms with Crippen LogP contribution in [-0.4, -0.2) is 31.7 Å². The van der Waals surface area contributed by atoms with Gasteiger partial charge in [-0.1, -0.05) is 11.6 Å². The molecule has 2 rings (SSSR count). The predicted octanol–water partition coefficient (Wildman–Crippen LogP) is 3.05. The predicted molar refractivity (Wildman–Crippen MR) is 101 cm³/mol. The molecule has 7 heteroatoms. The molecule has 1 aromatic carbocycles. The van der Waals surface area contributed by atoms with Gasteiger partial charge < -0.3 is 14.8 Å². The van der Waals surface area contributed by atoms with Crippen LogP contribution in [-0.2, 0) is 4.79 Å². The number of allylic oxidation sites excluding steroid dienone is 1. The molecule has 0 bridgehead atoms. The highest BCUT2D eigenvalue weighted by Crippen LogP contribution is 2.28. The van der Waals surface area contributed by atoms with Crippen molar-refractivity contribution in [3.8, 4) is 17.6 Å². The van der Waals surface area contributed by atoms with Gasteiger partial charge in [-0.05, 0) is 51.2 Å². The zero-order chi connectivity index (χ0) is 19.5. The molecule has 0 unspecified atom stereocenters. The minimum Gasteiger partial charge on any atom is -0.490 e. The smallest absolute Gasteiger partial charge is 0.321 e. The fourth-order valence-electron chi connectivity index (χ4n) is 2.78. The van der Waals surface area contributed by atoms with Crippen LogP contribution in [0.15, 0.2) is 29.8 Å². The topological polar surface area (TPSA) is 100 Å². The molecule has 1 aliphatic carbocycles. The maximum atomic E-state index is 11.9. The van der Waals surface area contributed by atoms with Gasteiger partial charge in [0.15, 0.2) is 18.1 Å². The van der Waals surface area contributed by atoms with Crippen LogP contribution < -0.4 is 20.1 Å². The van der Waals surface area contributed by atoms with E-state index in [2.05, 4.69) is 16.7 Å². The second-order valence-corrected chi connectivity index (χ2v) is 6.16. The van der Waals surface area contributed by atoms with Crippen molar-refractivity contribution < 1.29 is 19.1 Å². The highest BCUT2D eigenvalue weighted by molar-refractivity contribution is 5.95. The molecule has 7 nitrogen and oxygen atoms in total. The van der Waals surface area contributed by atoms with Gasteiger partial charge in [0.1, 0.15) is 0 Å². The van der Waals surface area contributed by atoms with Crippen LogP contribution in [0.2, 0.25) is 0 Å². The zero-order valence-corrected chi connectivity index (χ0v) is 15.5. The standard InChI is InChI=1S/C20H25N3O4/c1-2-26-18-12-16(13-21)8-9-17(18)27-14-19(24)23-20(25)22-11-10-15-6-4-3-5-7-15/h6,8-9,12H,2-5,7,10-11,14H2,1H3,(H2,22,23,24,25). The normalized spacial score (nSPS) is 13.1. The summed E-state index contributed by atoms with van der Waals surface area (Å²) >= 11 is 0. The largest absolute Gasteiger partial charge is 0.490 e. The van der Waals surface area contributed by atoms with Crippen molar-refractivity contribution in [1.29, 1.82) is 5.26 Å². The number of urea groups is 1. The van der Waals surface area contributed by atoms with Gasteiger partial charge in [0, 0.05) is 12.6 Å². The Labute approximate surface area is 159 Å². The number of nitriles is 1. The number of benzene rings is 1. The first-order chi connectivity index (χ1) is 13.1. The molecule has 0 saturated carbocycles.